The van der Waals surface area contributed by atoms with E-state index in [-0.39, 0.29) is 0 Å². The van der Waals surface area contributed by atoms with Crippen molar-refractivity contribution in [1.82, 2.24) is 0 Å². The van der Waals surface area contributed by atoms with Gasteiger partial charge in [0.05, 0.1) is 5.60 Å². The minimum absolute atomic E-state index is 0.408. The summed E-state index contributed by atoms with van der Waals surface area (Å²) in [7, 11) is 0. The van der Waals surface area contributed by atoms with E-state index in [4.69, 9.17) is 0 Å². The fourth-order valence-electron chi connectivity index (χ4n) is 2.79. The molecular weight excluding hydrogens is 148 g/mol. The molecule has 3 atom stereocenters. The lowest BCUT2D eigenvalue weighted by molar-refractivity contribution is -0.0158. The van der Waals surface area contributed by atoms with Crippen molar-refractivity contribution in [3.8, 4) is 0 Å². The zero-order valence-electron chi connectivity index (χ0n) is 8.01. The summed E-state index contributed by atoms with van der Waals surface area (Å²) < 4.78 is 0. The highest BCUT2D eigenvalue weighted by Crippen LogP contribution is 2.46. The van der Waals surface area contributed by atoms with E-state index >= 15 is 0 Å². The van der Waals surface area contributed by atoms with Crippen LogP contribution in [-0.2, 0) is 0 Å². The molecule has 1 N–H and O–H groups in total. The van der Waals surface area contributed by atoms with Crippen LogP contribution in [-0.4, -0.2) is 10.7 Å². The van der Waals surface area contributed by atoms with Gasteiger partial charge in [-0.1, -0.05) is 18.6 Å². The molecule has 0 unspecified atom stereocenters. The van der Waals surface area contributed by atoms with Gasteiger partial charge in [-0.25, -0.2) is 0 Å². The summed E-state index contributed by atoms with van der Waals surface area (Å²) in [6.07, 6.45) is 6.85. The molecule has 1 saturated carbocycles. The quantitative estimate of drug-likeness (QED) is 0.548. The maximum atomic E-state index is 10.1. The van der Waals surface area contributed by atoms with Gasteiger partial charge in [0.25, 0.3) is 0 Å². The molecule has 1 fully saturated rings. The number of hydrogen-bond acceptors (Lipinski definition) is 1. The van der Waals surface area contributed by atoms with Crippen LogP contribution < -0.4 is 0 Å². The first-order valence-corrected chi connectivity index (χ1v) is 5.03. The van der Waals surface area contributed by atoms with Crippen molar-refractivity contribution >= 4 is 0 Å². The Morgan fingerprint density at radius 3 is 2.92 bits per heavy atom. The van der Waals surface area contributed by atoms with Gasteiger partial charge in [-0.15, -0.1) is 0 Å². The van der Waals surface area contributed by atoms with Gasteiger partial charge >= 0.3 is 0 Å². The summed E-state index contributed by atoms with van der Waals surface area (Å²) in [4.78, 5) is 0. The lowest BCUT2D eigenvalue weighted by atomic mass is 9.70. The van der Waals surface area contributed by atoms with Crippen molar-refractivity contribution in [2.24, 2.45) is 11.8 Å². The van der Waals surface area contributed by atoms with E-state index in [1.807, 2.05) is 6.92 Å². The van der Waals surface area contributed by atoms with E-state index < -0.39 is 5.60 Å². The van der Waals surface area contributed by atoms with Crippen molar-refractivity contribution in [2.45, 2.75) is 45.1 Å². The van der Waals surface area contributed by atoms with Crippen molar-refractivity contribution in [1.29, 1.82) is 0 Å². The van der Waals surface area contributed by atoms with Crippen LogP contribution in [0.25, 0.3) is 0 Å². The van der Waals surface area contributed by atoms with Crippen LogP contribution in [0.4, 0.5) is 0 Å². The second kappa shape index (κ2) is 2.59. The van der Waals surface area contributed by atoms with Crippen molar-refractivity contribution < 1.29 is 5.11 Å². The molecule has 0 saturated heterocycles. The predicted octanol–water partition coefficient (Wildman–Crippen LogP) is 2.50. The molecule has 0 amide bonds. The molecule has 1 heteroatoms. The molecule has 2 aliphatic carbocycles. The second-order valence-electron chi connectivity index (χ2n) is 4.63. The van der Waals surface area contributed by atoms with Gasteiger partial charge in [0.1, 0.15) is 0 Å². The maximum Gasteiger partial charge on any atom is 0.0685 e. The van der Waals surface area contributed by atoms with Crippen LogP contribution in [0.1, 0.15) is 39.5 Å². The number of fused-ring (bicyclic) bond motifs is 1. The molecule has 12 heavy (non-hydrogen) atoms. The highest BCUT2D eigenvalue weighted by atomic mass is 16.3. The van der Waals surface area contributed by atoms with Crippen LogP contribution in [0.3, 0.4) is 0 Å². The van der Waals surface area contributed by atoms with E-state index in [0.29, 0.717) is 5.92 Å². The molecule has 0 aliphatic heterocycles. The van der Waals surface area contributed by atoms with Gasteiger partial charge in [-0.2, -0.15) is 0 Å². The molecule has 0 aromatic carbocycles. The van der Waals surface area contributed by atoms with Crippen LogP contribution in [0, 0.1) is 11.8 Å². The number of hydrogen-bond donors (Lipinski definition) is 1. The Balaban J connectivity index is 2.25. The predicted molar refractivity (Wildman–Crippen MR) is 49.8 cm³/mol. The van der Waals surface area contributed by atoms with Crippen LogP contribution >= 0.6 is 0 Å². The third kappa shape index (κ3) is 1.11. The first-order valence-electron chi connectivity index (χ1n) is 5.03. The van der Waals surface area contributed by atoms with Gasteiger partial charge in [0.15, 0.2) is 0 Å². The van der Waals surface area contributed by atoms with E-state index in [0.717, 1.165) is 18.8 Å². The van der Waals surface area contributed by atoms with Gasteiger partial charge in [0.2, 0.25) is 0 Å². The van der Waals surface area contributed by atoms with E-state index in [2.05, 4.69) is 13.0 Å². The zero-order valence-corrected chi connectivity index (χ0v) is 8.01. The summed E-state index contributed by atoms with van der Waals surface area (Å²) in [5, 5.41) is 10.1. The van der Waals surface area contributed by atoms with Crippen LogP contribution in [0.5, 0.6) is 0 Å². The number of aliphatic hydroxyl groups is 1. The normalized spacial score (nSPS) is 47.1. The Hall–Kier alpha value is -0.300. The van der Waals surface area contributed by atoms with Crippen LogP contribution in [0.2, 0.25) is 0 Å². The standard InChI is InChI=1S/C11H18O/c1-8-6-7-11(2,12)10-5-3-4-9(8)10/h4,8,10,12H,3,5-7H2,1-2H3/t8-,10-,11+/m0/s1. The third-order valence-electron chi connectivity index (χ3n) is 3.64. The van der Waals surface area contributed by atoms with E-state index in [1.54, 1.807) is 0 Å². The molecule has 2 aliphatic rings. The Morgan fingerprint density at radius 1 is 1.50 bits per heavy atom. The van der Waals surface area contributed by atoms with Crippen molar-refractivity contribution in [3.63, 3.8) is 0 Å². The average Bonchev–Trinajstić information content (AvgIpc) is 2.46. The monoisotopic (exact) mass is 166 g/mol. The second-order valence-corrected chi connectivity index (χ2v) is 4.63. The SMILES string of the molecule is C[C@H]1CC[C@@](C)(O)[C@H]2CCC=C12. The summed E-state index contributed by atoms with van der Waals surface area (Å²) in [6, 6.07) is 0. The molecule has 0 aromatic rings. The van der Waals surface area contributed by atoms with Gasteiger partial charge in [-0.05, 0) is 38.5 Å². The topological polar surface area (TPSA) is 20.2 Å². The Morgan fingerprint density at radius 2 is 2.25 bits per heavy atom. The Kier molecular flexibility index (Phi) is 1.80. The van der Waals surface area contributed by atoms with Crippen molar-refractivity contribution in [2.75, 3.05) is 0 Å². The Bertz CT molecular complexity index is 215. The maximum absolute atomic E-state index is 10.1. The van der Waals surface area contributed by atoms with Gasteiger partial charge in [-0.3, -0.25) is 0 Å². The lowest BCUT2D eigenvalue weighted by Crippen LogP contribution is -2.39. The largest absolute Gasteiger partial charge is 0.390 e. The third-order valence-corrected chi connectivity index (χ3v) is 3.64. The smallest absolute Gasteiger partial charge is 0.0685 e. The lowest BCUT2D eigenvalue weighted by Gasteiger charge is -2.39. The minimum atomic E-state index is -0.408. The molecule has 1 nitrogen and oxygen atoms in total. The summed E-state index contributed by atoms with van der Waals surface area (Å²) in [5.74, 6) is 1.19. The van der Waals surface area contributed by atoms with E-state index in [9.17, 15) is 5.11 Å². The molecule has 68 valence electrons. The number of rotatable bonds is 0. The van der Waals surface area contributed by atoms with Crippen molar-refractivity contribution in [3.05, 3.63) is 11.6 Å². The minimum Gasteiger partial charge on any atom is -0.390 e. The first kappa shape index (κ1) is 8.31. The zero-order chi connectivity index (χ0) is 8.77. The molecule has 2 rings (SSSR count). The molecule has 0 heterocycles. The summed E-state index contributed by atoms with van der Waals surface area (Å²) in [6.45, 7) is 4.29. The highest BCUT2D eigenvalue weighted by Gasteiger charge is 2.41. The summed E-state index contributed by atoms with van der Waals surface area (Å²) in [5.41, 5.74) is 1.13. The molecule has 0 bridgehead atoms. The summed E-state index contributed by atoms with van der Waals surface area (Å²) >= 11 is 0. The number of allylic oxidation sites excluding steroid dienone is 1. The van der Waals surface area contributed by atoms with Crippen LogP contribution in [0.15, 0.2) is 11.6 Å². The molecular formula is C11H18O. The highest BCUT2D eigenvalue weighted by molar-refractivity contribution is 5.22. The first-order chi connectivity index (χ1) is 5.61. The molecule has 0 spiro atoms. The Labute approximate surface area is 74.5 Å². The fourth-order valence-corrected chi connectivity index (χ4v) is 2.79. The average molecular weight is 166 g/mol. The van der Waals surface area contributed by atoms with E-state index in [1.165, 1.54) is 18.4 Å². The molecule has 0 aromatic heterocycles. The van der Waals surface area contributed by atoms with Gasteiger partial charge < -0.3 is 5.11 Å². The fraction of sp³-hybridized carbons (Fsp3) is 0.818. The van der Waals surface area contributed by atoms with Gasteiger partial charge in [0, 0.05) is 5.92 Å². The molecule has 0 radical (unpaired) electrons.